The molecule has 1 N–H and O–H groups in total. The average molecular weight is 255 g/mol. The van der Waals surface area contributed by atoms with E-state index in [1.54, 1.807) is 0 Å². The lowest BCUT2D eigenvalue weighted by atomic mass is 9.64. The Morgan fingerprint density at radius 2 is 1.89 bits per heavy atom. The van der Waals surface area contributed by atoms with Crippen molar-refractivity contribution in [2.75, 3.05) is 6.54 Å². The average Bonchev–Trinajstić information content (AvgIpc) is 2.49. The van der Waals surface area contributed by atoms with Crippen LogP contribution in [0.25, 0.3) is 0 Å². The van der Waals surface area contributed by atoms with Crippen LogP contribution in [0.2, 0.25) is 0 Å². The summed E-state index contributed by atoms with van der Waals surface area (Å²) in [5.41, 5.74) is 1.71. The molecular formula is C18H25N. The Kier molecular flexibility index (Phi) is 5.05. The summed E-state index contributed by atoms with van der Waals surface area (Å²) in [6.45, 7) is 3.16. The molecule has 0 bridgehead atoms. The third-order valence-electron chi connectivity index (χ3n) is 4.53. The molecule has 0 heterocycles. The fourth-order valence-corrected chi connectivity index (χ4v) is 3.62. The zero-order valence-corrected chi connectivity index (χ0v) is 12.0. The van der Waals surface area contributed by atoms with Crippen LogP contribution in [0.1, 0.15) is 51.0 Å². The smallest absolute Gasteiger partial charge is 0.0273 e. The highest BCUT2D eigenvalue weighted by molar-refractivity contribution is 5.29. The van der Waals surface area contributed by atoms with Gasteiger partial charge in [-0.2, -0.15) is 0 Å². The first kappa shape index (κ1) is 14.2. The van der Waals surface area contributed by atoms with Gasteiger partial charge in [0.25, 0.3) is 0 Å². The van der Waals surface area contributed by atoms with Crippen LogP contribution in [-0.2, 0) is 5.41 Å². The zero-order chi connectivity index (χ0) is 13.6. The van der Waals surface area contributed by atoms with Crippen molar-refractivity contribution in [2.45, 2.75) is 56.9 Å². The van der Waals surface area contributed by atoms with Crippen LogP contribution in [0, 0.1) is 12.3 Å². The number of benzene rings is 1. The SMILES string of the molecule is C#CCC(NCC)C1(c2ccccc2)CCCCC1. The second-order valence-electron chi connectivity index (χ2n) is 5.60. The van der Waals surface area contributed by atoms with E-state index < -0.39 is 0 Å². The van der Waals surface area contributed by atoms with E-state index in [0.717, 1.165) is 13.0 Å². The third-order valence-corrected chi connectivity index (χ3v) is 4.53. The Morgan fingerprint density at radius 3 is 2.47 bits per heavy atom. The monoisotopic (exact) mass is 255 g/mol. The van der Waals surface area contributed by atoms with E-state index >= 15 is 0 Å². The minimum atomic E-state index is 0.238. The highest BCUT2D eigenvalue weighted by atomic mass is 14.9. The summed E-state index contributed by atoms with van der Waals surface area (Å²) in [5.74, 6) is 2.88. The van der Waals surface area contributed by atoms with Crippen molar-refractivity contribution in [3.8, 4) is 12.3 Å². The van der Waals surface area contributed by atoms with E-state index in [-0.39, 0.29) is 5.41 Å². The fourth-order valence-electron chi connectivity index (χ4n) is 3.62. The fraction of sp³-hybridized carbons (Fsp3) is 0.556. The second-order valence-corrected chi connectivity index (χ2v) is 5.60. The van der Waals surface area contributed by atoms with Crippen LogP contribution >= 0.6 is 0 Å². The number of terminal acetylenes is 1. The van der Waals surface area contributed by atoms with Crippen LogP contribution < -0.4 is 5.32 Å². The van der Waals surface area contributed by atoms with E-state index in [2.05, 4.69) is 48.5 Å². The molecule has 0 radical (unpaired) electrons. The Morgan fingerprint density at radius 1 is 1.21 bits per heavy atom. The Bertz CT molecular complexity index is 409. The maximum Gasteiger partial charge on any atom is 0.0273 e. The number of hydrogen-bond acceptors (Lipinski definition) is 1. The summed E-state index contributed by atoms with van der Waals surface area (Å²) < 4.78 is 0. The first-order valence-electron chi connectivity index (χ1n) is 7.56. The minimum Gasteiger partial charge on any atom is -0.312 e. The van der Waals surface area contributed by atoms with Gasteiger partial charge in [0.2, 0.25) is 0 Å². The minimum absolute atomic E-state index is 0.238. The van der Waals surface area contributed by atoms with Crippen molar-refractivity contribution in [3.63, 3.8) is 0 Å². The molecule has 1 aliphatic carbocycles. The normalized spacial score (nSPS) is 19.6. The molecule has 1 atom stereocenters. The highest BCUT2D eigenvalue weighted by Gasteiger charge is 2.40. The predicted octanol–water partition coefficient (Wildman–Crippen LogP) is 3.89. The van der Waals surface area contributed by atoms with Crippen LogP contribution in [0.4, 0.5) is 0 Å². The van der Waals surface area contributed by atoms with Gasteiger partial charge in [0.1, 0.15) is 0 Å². The molecule has 2 rings (SSSR count). The van der Waals surface area contributed by atoms with Crippen LogP contribution in [-0.4, -0.2) is 12.6 Å². The molecule has 1 aromatic rings. The lowest BCUT2D eigenvalue weighted by molar-refractivity contribution is 0.216. The molecule has 0 saturated heterocycles. The molecule has 1 aliphatic rings. The first-order chi connectivity index (χ1) is 9.33. The molecule has 1 fully saturated rings. The summed E-state index contributed by atoms with van der Waals surface area (Å²) >= 11 is 0. The molecule has 1 heteroatoms. The number of rotatable bonds is 5. The van der Waals surface area contributed by atoms with Crippen LogP contribution in [0.15, 0.2) is 30.3 Å². The van der Waals surface area contributed by atoms with Crippen LogP contribution in [0.5, 0.6) is 0 Å². The summed E-state index contributed by atoms with van der Waals surface area (Å²) in [7, 11) is 0. The van der Waals surface area contributed by atoms with Gasteiger partial charge < -0.3 is 5.32 Å². The largest absolute Gasteiger partial charge is 0.312 e. The van der Waals surface area contributed by atoms with Crippen molar-refractivity contribution in [1.82, 2.24) is 5.32 Å². The topological polar surface area (TPSA) is 12.0 Å². The Labute approximate surface area is 117 Å². The molecule has 0 aliphatic heterocycles. The third kappa shape index (κ3) is 3.01. The standard InChI is InChI=1S/C18H25N/c1-3-11-17(19-4-2)18(14-9-6-10-15-18)16-12-7-5-8-13-16/h1,5,7-8,12-13,17,19H,4,6,9-11,14-15H2,2H3. The number of nitrogens with one attached hydrogen (secondary N) is 1. The van der Waals surface area contributed by atoms with Crippen molar-refractivity contribution in [3.05, 3.63) is 35.9 Å². The highest BCUT2D eigenvalue weighted by Crippen LogP contribution is 2.43. The van der Waals surface area contributed by atoms with Gasteiger partial charge in [-0.1, -0.05) is 56.5 Å². The van der Waals surface area contributed by atoms with Crippen molar-refractivity contribution in [2.24, 2.45) is 0 Å². The molecule has 0 aromatic heterocycles. The predicted molar refractivity (Wildman–Crippen MR) is 82.1 cm³/mol. The Balaban J connectivity index is 2.35. The van der Waals surface area contributed by atoms with Gasteiger partial charge in [-0.25, -0.2) is 0 Å². The molecular weight excluding hydrogens is 230 g/mol. The molecule has 0 spiro atoms. The number of likely N-dealkylation sites (N-methyl/N-ethyl adjacent to an activating group) is 1. The van der Waals surface area contributed by atoms with Gasteiger partial charge in [0.05, 0.1) is 0 Å². The van der Waals surface area contributed by atoms with Crippen molar-refractivity contribution in [1.29, 1.82) is 0 Å². The van der Waals surface area contributed by atoms with Gasteiger partial charge in [0.15, 0.2) is 0 Å². The lowest BCUT2D eigenvalue weighted by Crippen LogP contribution is -2.49. The van der Waals surface area contributed by atoms with Crippen LogP contribution in [0.3, 0.4) is 0 Å². The Hall–Kier alpha value is -1.26. The van der Waals surface area contributed by atoms with Gasteiger partial charge in [-0.3, -0.25) is 0 Å². The van der Waals surface area contributed by atoms with Crippen molar-refractivity contribution < 1.29 is 0 Å². The summed E-state index contributed by atoms with van der Waals surface area (Å²) in [4.78, 5) is 0. The first-order valence-corrected chi connectivity index (χ1v) is 7.56. The molecule has 1 saturated carbocycles. The van der Waals surface area contributed by atoms with Gasteiger partial charge in [-0.15, -0.1) is 12.3 Å². The lowest BCUT2D eigenvalue weighted by Gasteiger charge is -2.44. The summed E-state index contributed by atoms with van der Waals surface area (Å²) in [6, 6.07) is 11.4. The maximum atomic E-state index is 5.61. The zero-order valence-electron chi connectivity index (χ0n) is 12.0. The van der Waals surface area contributed by atoms with E-state index in [9.17, 15) is 0 Å². The maximum absolute atomic E-state index is 5.61. The van der Waals surface area contributed by atoms with E-state index in [4.69, 9.17) is 6.42 Å². The van der Waals surface area contributed by atoms with Gasteiger partial charge in [0, 0.05) is 17.9 Å². The number of hydrogen-bond donors (Lipinski definition) is 1. The second kappa shape index (κ2) is 6.78. The quantitative estimate of drug-likeness (QED) is 0.787. The molecule has 1 unspecified atom stereocenters. The summed E-state index contributed by atoms with van der Waals surface area (Å²) in [6.07, 6.45) is 13.0. The van der Waals surface area contributed by atoms with Gasteiger partial charge in [-0.05, 0) is 24.9 Å². The van der Waals surface area contributed by atoms with E-state index in [0.29, 0.717) is 6.04 Å². The molecule has 19 heavy (non-hydrogen) atoms. The molecule has 0 amide bonds. The van der Waals surface area contributed by atoms with Crippen molar-refractivity contribution >= 4 is 0 Å². The van der Waals surface area contributed by atoms with Gasteiger partial charge >= 0.3 is 0 Å². The van der Waals surface area contributed by atoms with E-state index in [1.807, 2.05) is 0 Å². The molecule has 1 aromatic carbocycles. The molecule has 102 valence electrons. The summed E-state index contributed by atoms with van der Waals surface area (Å²) in [5, 5.41) is 3.65. The van der Waals surface area contributed by atoms with E-state index in [1.165, 1.54) is 37.7 Å². The molecule has 1 nitrogen and oxygen atoms in total.